The van der Waals surface area contributed by atoms with E-state index < -0.39 is 10.0 Å². The monoisotopic (exact) mass is 314 g/mol. The third kappa shape index (κ3) is 3.28. The molecule has 3 heterocycles. The van der Waals surface area contributed by atoms with Crippen LogP contribution in [0, 0.1) is 0 Å². The van der Waals surface area contributed by atoms with Crippen molar-refractivity contribution >= 4 is 10.0 Å². The lowest BCUT2D eigenvalue weighted by molar-refractivity contribution is -0.0768. The van der Waals surface area contributed by atoms with Crippen LogP contribution in [0.5, 0.6) is 0 Å². The van der Waals surface area contributed by atoms with E-state index in [1.807, 2.05) is 19.4 Å². The van der Waals surface area contributed by atoms with Gasteiger partial charge < -0.3 is 4.74 Å². The van der Waals surface area contributed by atoms with Gasteiger partial charge in [-0.25, -0.2) is 8.42 Å². The van der Waals surface area contributed by atoms with Crippen molar-refractivity contribution in [3.8, 4) is 0 Å². The smallest absolute Gasteiger partial charge is 0.211 e. The van der Waals surface area contributed by atoms with Gasteiger partial charge in [-0.2, -0.15) is 9.40 Å². The van der Waals surface area contributed by atoms with Gasteiger partial charge in [-0.3, -0.25) is 9.58 Å². The highest BCUT2D eigenvalue weighted by Gasteiger charge is 2.40. The summed E-state index contributed by atoms with van der Waals surface area (Å²) >= 11 is 0. The van der Waals surface area contributed by atoms with Crippen LogP contribution in [0.25, 0.3) is 0 Å². The van der Waals surface area contributed by atoms with Crippen LogP contribution in [0.1, 0.15) is 12.0 Å². The Hall–Kier alpha value is -0.960. The fourth-order valence-corrected chi connectivity index (χ4v) is 4.37. The first kappa shape index (κ1) is 15.0. The topological polar surface area (TPSA) is 67.7 Å². The van der Waals surface area contributed by atoms with Gasteiger partial charge in [0.1, 0.15) is 0 Å². The molecule has 2 aliphatic heterocycles. The minimum Gasteiger partial charge on any atom is -0.375 e. The van der Waals surface area contributed by atoms with E-state index in [1.165, 1.54) is 6.26 Å². The van der Waals surface area contributed by atoms with E-state index in [1.54, 1.807) is 8.99 Å². The number of morpholine rings is 1. The largest absolute Gasteiger partial charge is 0.375 e. The highest BCUT2D eigenvalue weighted by molar-refractivity contribution is 7.88. The summed E-state index contributed by atoms with van der Waals surface area (Å²) in [6.45, 7) is 3.40. The second-order valence-corrected chi connectivity index (χ2v) is 7.83. The van der Waals surface area contributed by atoms with Crippen molar-refractivity contribution in [2.75, 3.05) is 32.5 Å². The third-order valence-corrected chi connectivity index (χ3v) is 5.51. The number of sulfonamides is 1. The molecule has 0 aromatic carbocycles. The average molecular weight is 314 g/mol. The Bertz CT molecular complexity index is 600. The minimum absolute atomic E-state index is 0.0265. The lowest BCUT2D eigenvalue weighted by Gasteiger charge is -2.45. The summed E-state index contributed by atoms with van der Waals surface area (Å²) in [7, 11) is -1.28. The van der Waals surface area contributed by atoms with Crippen LogP contribution in [0.3, 0.4) is 0 Å². The van der Waals surface area contributed by atoms with E-state index in [9.17, 15) is 8.42 Å². The van der Waals surface area contributed by atoms with E-state index in [0.29, 0.717) is 19.7 Å². The van der Waals surface area contributed by atoms with Crippen LogP contribution < -0.4 is 0 Å². The quantitative estimate of drug-likeness (QED) is 0.763. The number of rotatable bonds is 3. The van der Waals surface area contributed by atoms with Crippen molar-refractivity contribution in [3.05, 3.63) is 18.0 Å². The van der Waals surface area contributed by atoms with Crippen LogP contribution in [0.15, 0.2) is 12.4 Å². The fourth-order valence-electron chi connectivity index (χ4n) is 3.27. The summed E-state index contributed by atoms with van der Waals surface area (Å²) in [5.74, 6) is 0. The summed E-state index contributed by atoms with van der Waals surface area (Å²) in [4.78, 5) is 2.28. The van der Waals surface area contributed by atoms with Crippen molar-refractivity contribution in [1.82, 2.24) is 19.0 Å². The Kier molecular flexibility index (Phi) is 4.04. The molecule has 2 atom stereocenters. The highest BCUT2D eigenvalue weighted by atomic mass is 32.2. The molecule has 0 spiro atoms. The lowest BCUT2D eigenvalue weighted by atomic mass is 10.0. The summed E-state index contributed by atoms with van der Waals surface area (Å²) in [6.07, 6.45) is 6.04. The normalized spacial score (nSPS) is 28.5. The maximum Gasteiger partial charge on any atom is 0.211 e. The lowest BCUT2D eigenvalue weighted by Crippen LogP contribution is -2.60. The average Bonchev–Trinajstić information content (AvgIpc) is 2.82. The summed E-state index contributed by atoms with van der Waals surface area (Å²) in [6, 6.07) is -0.0702. The maximum atomic E-state index is 11.9. The maximum absolute atomic E-state index is 11.9. The number of likely N-dealkylation sites (tertiary alicyclic amines) is 1. The molecule has 0 amide bonds. The van der Waals surface area contributed by atoms with Crippen molar-refractivity contribution in [2.24, 2.45) is 7.05 Å². The minimum atomic E-state index is -3.18. The number of nitrogens with zero attached hydrogens (tertiary/aromatic N) is 4. The van der Waals surface area contributed by atoms with Gasteiger partial charge in [-0.05, 0) is 6.42 Å². The number of hydrogen-bond donors (Lipinski definition) is 0. The first-order chi connectivity index (χ1) is 9.93. The number of fused-ring (bicyclic) bond motifs is 1. The van der Waals surface area contributed by atoms with Crippen molar-refractivity contribution in [3.63, 3.8) is 0 Å². The Morgan fingerprint density at radius 2 is 2.24 bits per heavy atom. The first-order valence-corrected chi connectivity index (χ1v) is 9.06. The Morgan fingerprint density at radius 1 is 1.43 bits per heavy atom. The molecule has 1 aromatic heterocycles. The number of hydrogen-bond acceptors (Lipinski definition) is 5. The molecule has 0 aliphatic carbocycles. The molecule has 8 heteroatoms. The molecule has 2 fully saturated rings. The van der Waals surface area contributed by atoms with Crippen LogP contribution in [-0.4, -0.2) is 72.0 Å². The van der Waals surface area contributed by atoms with E-state index in [0.717, 1.165) is 25.1 Å². The Balaban J connectivity index is 1.71. The molecule has 2 saturated heterocycles. The molecule has 7 nitrogen and oxygen atoms in total. The Morgan fingerprint density at radius 3 is 2.90 bits per heavy atom. The van der Waals surface area contributed by atoms with Gasteiger partial charge in [0.2, 0.25) is 10.0 Å². The van der Waals surface area contributed by atoms with Crippen molar-refractivity contribution in [2.45, 2.75) is 25.1 Å². The van der Waals surface area contributed by atoms with E-state index >= 15 is 0 Å². The Labute approximate surface area is 125 Å². The highest BCUT2D eigenvalue weighted by Crippen LogP contribution is 2.25. The molecule has 0 unspecified atom stereocenters. The second-order valence-electron chi connectivity index (χ2n) is 5.90. The molecule has 0 saturated carbocycles. The number of aromatic nitrogens is 2. The van der Waals surface area contributed by atoms with Crippen LogP contribution in [0.2, 0.25) is 0 Å². The van der Waals surface area contributed by atoms with Gasteiger partial charge >= 0.3 is 0 Å². The van der Waals surface area contributed by atoms with Gasteiger partial charge in [-0.15, -0.1) is 0 Å². The summed E-state index contributed by atoms with van der Waals surface area (Å²) < 4.78 is 33.1. The zero-order valence-corrected chi connectivity index (χ0v) is 13.3. The van der Waals surface area contributed by atoms with Crippen LogP contribution in [-0.2, 0) is 28.4 Å². The number of ether oxygens (including phenoxy) is 1. The standard InChI is InChI=1S/C13H22N4O3S/c1-15-8-11(7-14-15)9-16-4-3-13-12(10-16)17(5-6-20-13)21(2,18)19/h7-8,12-13H,3-6,9-10H2,1-2H3/t12-,13-/m1/s1. The zero-order valence-electron chi connectivity index (χ0n) is 12.5. The predicted octanol–water partition coefficient (Wildman–Crippen LogP) is -0.345. The SMILES string of the molecule is Cn1cc(CN2CC[C@H]3OCCN(S(C)(=O)=O)[C@@H]3C2)cn1. The second kappa shape index (κ2) is 5.68. The molecule has 2 aliphatic rings. The van der Waals surface area contributed by atoms with Gasteiger partial charge in [0, 0.05) is 45.0 Å². The number of aryl methyl sites for hydroxylation is 1. The first-order valence-electron chi connectivity index (χ1n) is 7.22. The van der Waals surface area contributed by atoms with Crippen LogP contribution >= 0.6 is 0 Å². The van der Waals surface area contributed by atoms with Gasteiger partial charge in [0.25, 0.3) is 0 Å². The molecule has 0 bridgehead atoms. The zero-order chi connectivity index (χ0) is 15.0. The van der Waals surface area contributed by atoms with E-state index in [4.69, 9.17) is 4.74 Å². The van der Waals surface area contributed by atoms with Gasteiger partial charge in [-0.1, -0.05) is 0 Å². The molecule has 3 rings (SSSR count). The molecular formula is C13H22N4O3S. The molecule has 1 aromatic rings. The van der Waals surface area contributed by atoms with Crippen LogP contribution in [0.4, 0.5) is 0 Å². The third-order valence-electron chi connectivity index (χ3n) is 4.21. The molecule has 21 heavy (non-hydrogen) atoms. The van der Waals surface area contributed by atoms with E-state index in [-0.39, 0.29) is 12.1 Å². The summed E-state index contributed by atoms with van der Waals surface area (Å²) in [5.41, 5.74) is 1.15. The van der Waals surface area contributed by atoms with Gasteiger partial charge in [0.15, 0.2) is 0 Å². The van der Waals surface area contributed by atoms with Crippen molar-refractivity contribution in [1.29, 1.82) is 0 Å². The molecule has 118 valence electrons. The predicted molar refractivity (Wildman–Crippen MR) is 78.2 cm³/mol. The number of piperidine rings is 1. The van der Waals surface area contributed by atoms with Crippen molar-refractivity contribution < 1.29 is 13.2 Å². The fraction of sp³-hybridized carbons (Fsp3) is 0.769. The summed E-state index contributed by atoms with van der Waals surface area (Å²) in [5, 5.41) is 4.18. The molecular weight excluding hydrogens is 292 g/mol. The molecule has 0 N–H and O–H groups in total. The van der Waals surface area contributed by atoms with Gasteiger partial charge in [0.05, 0.1) is 31.2 Å². The van der Waals surface area contributed by atoms with E-state index in [2.05, 4.69) is 10.00 Å². The molecule has 0 radical (unpaired) electrons.